The van der Waals surface area contributed by atoms with E-state index < -0.39 is 12.0 Å². The largest absolute Gasteiger partial charge is 0.477 e. The summed E-state index contributed by atoms with van der Waals surface area (Å²) in [5.41, 5.74) is -0.112. The molecule has 0 aromatic rings. The van der Waals surface area contributed by atoms with E-state index in [0.717, 1.165) is 0 Å². The van der Waals surface area contributed by atoms with Crippen LogP contribution in [0.25, 0.3) is 0 Å². The molecule has 5 heteroatoms. The van der Waals surface area contributed by atoms with Gasteiger partial charge in [0.25, 0.3) is 0 Å². The Morgan fingerprint density at radius 2 is 1.77 bits per heavy atom. The molecule has 5 nitrogen and oxygen atoms in total. The van der Waals surface area contributed by atoms with Crippen molar-refractivity contribution in [1.82, 2.24) is 4.90 Å². The van der Waals surface area contributed by atoms with Crippen LogP contribution in [0.5, 0.6) is 0 Å². The smallest absolute Gasteiger partial charge is 0.350 e. The second kappa shape index (κ2) is 4.59. The molecule has 13 heavy (non-hydrogen) atoms. The summed E-state index contributed by atoms with van der Waals surface area (Å²) in [6, 6.07) is -0.550. The Morgan fingerprint density at radius 3 is 2.00 bits per heavy atom. The van der Waals surface area contributed by atoms with E-state index in [1.807, 2.05) is 0 Å². The molecule has 0 saturated heterocycles. The second-order valence-corrected chi connectivity index (χ2v) is 3.13. The zero-order valence-corrected chi connectivity index (χ0v) is 8.24. The van der Waals surface area contributed by atoms with Crippen molar-refractivity contribution in [3.05, 3.63) is 0 Å². The number of nitrogens with zero attached hydrogens (tertiary/aromatic N) is 2. The summed E-state index contributed by atoms with van der Waals surface area (Å²) in [4.78, 5) is 26.3. The van der Waals surface area contributed by atoms with Gasteiger partial charge < -0.3 is 10.0 Å². The number of carboxylic acids is 1. The molecule has 0 bridgehead atoms. The lowest BCUT2D eigenvalue weighted by Crippen LogP contribution is -2.25. The molecule has 74 valence electrons. The average Bonchev–Trinajstić information content (AvgIpc) is 1.97. The summed E-state index contributed by atoms with van der Waals surface area (Å²) < 4.78 is 0. The number of carbonyl (C=O) groups excluding carboxylic acids is 1. The Labute approximate surface area is 77.1 Å². The first-order chi connectivity index (χ1) is 5.86. The fraction of sp³-hybridized carbons (Fsp3) is 0.625. The zero-order chi connectivity index (χ0) is 10.6. The van der Waals surface area contributed by atoms with Gasteiger partial charge in [-0.1, -0.05) is 13.8 Å². The maximum absolute atomic E-state index is 11.0. The quantitative estimate of drug-likeness (QED) is 0.650. The van der Waals surface area contributed by atoms with Crippen molar-refractivity contribution >= 4 is 17.7 Å². The molecular formula is C8H14N2O3. The summed E-state index contributed by atoms with van der Waals surface area (Å²) >= 11 is 0. The standard InChI is InChI=1S/C8H14N2O3/c1-5(2)6(7(11)12)9-8(13)10(3)4/h5H,1-4H3,(H,11,12). The number of amides is 2. The summed E-state index contributed by atoms with van der Waals surface area (Å²) in [5, 5.41) is 8.67. The molecule has 0 aliphatic carbocycles. The van der Waals surface area contributed by atoms with Crippen LogP contribution < -0.4 is 0 Å². The second-order valence-electron chi connectivity index (χ2n) is 3.13. The van der Waals surface area contributed by atoms with Crippen LogP contribution in [0.1, 0.15) is 13.8 Å². The predicted molar refractivity (Wildman–Crippen MR) is 49.0 cm³/mol. The number of carboxylic acid groups (broad SMARTS) is 1. The van der Waals surface area contributed by atoms with Gasteiger partial charge in [-0.2, -0.15) is 4.99 Å². The Balaban J connectivity index is 4.74. The van der Waals surface area contributed by atoms with E-state index in [4.69, 9.17) is 5.11 Å². The van der Waals surface area contributed by atoms with E-state index in [9.17, 15) is 9.59 Å². The van der Waals surface area contributed by atoms with Crippen LogP contribution in [0.4, 0.5) is 4.79 Å². The van der Waals surface area contributed by atoms with E-state index in [2.05, 4.69) is 4.99 Å². The number of aliphatic imine (C=N–C) groups is 1. The molecule has 0 aromatic carbocycles. The molecule has 0 saturated carbocycles. The van der Waals surface area contributed by atoms with Crippen molar-refractivity contribution in [1.29, 1.82) is 0 Å². The normalized spacial score (nSPS) is 11.6. The molecule has 0 unspecified atom stereocenters. The first-order valence-corrected chi connectivity index (χ1v) is 3.89. The van der Waals surface area contributed by atoms with E-state index in [1.165, 1.54) is 19.0 Å². The third-order valence-electron chi connectivity index (χ3n) is 1.36. The van der Waals surface area contributed by atoms with Crippen molar-refractivity contribution in [3.63, 3.8) is 0 Å². The van der Waals surface area contributed by atoms with Gasteiger partial charge in [0.2, 0.25) is 0 Å². The first-order valence-electron chi connectivity index (χ1n) is 3.89. The summed E-state index contributed by atoms with van der Waals surface area (Å²) in [6.45, 7) is 3.35. The Morgan fingerprint density at radius 1 is 1.31 bits per heavy atom. The van der Waals surface area contributed by atoms with Crippen LogP contribution in [0.2, 0.25) is 0 Å². The molecule has 0 aromatic heterocycles. The molecule has 0 atom stereocenters. The summed E-state index contributed by atoms with van der Waals surface area (Å²) in [7, 11) is 3.04. The monoisotopic (exact) mass is 186 g/mol. The molecule has 1 N–H and O–H groups in total. The highest BCUT2D eigenvalue weighted by Gasteiger charge is 2.16. The van der Waals surface area contributed by atoms with Gasteiger partial charge in [-0.3, -0.25) is 0 Å². The first kappa shape index (κ1) is 11.6. The topological polar surface area (TPSA) is 70.0 Å². The molecule has 0 heterocycles. The average molecular weight is 186 g/mol. The van der Waals surface area contributed by atoms with Crippen molar-refractivity contribution in [2.24, 2.45) is 10.9 Å². The molecular weight excluding hydrogens is 172 g/mol. The van der Waals surface area contributed by atoms with Gasteiger partial charge in [-0.05, 0) is 0 Å². The molecule has 0 rings (SSSR count). The van der Waals surface area contributed by atoms with Crippen molar-refractivity contribution < 1.29 is 14.7 Å². The molecule has 0 spiro atoms. The van der Waals surface area contributed by atoms with Gasteiger partial charge >= 0.3 is 12.0 Å². The molecule has 0 fully saturated rings. The van der Waals surface area contributed by atoms with Crippen LogP contribution in [0.3, 0.4) is 0 Å². The summed E-state index contributed by atoms with van der Waals surface area (Å²) in [5.74, 6) is -1.41. The summed E-state index contributed by atoms with van der Waals surface area (Å²) in [6.07, 6.45) is 0. The Hall–Kier alpha value is -1.39. The lowest BCUT2D eigenvalue weighted by atomic mass is 10.1. The number of hydrogen-bond acceptors (Lipinski definition) is 2. The van der Waals surface area contributed by atoms with Crippen LogP contribution >= 0.6 is 0 Å². The fourth-order valence-electron chi connectivity index (χ4n) is 0.627. The van der Waals surface area contributed by atoms with Gasteiger partial charge in [0.05, 0.1) is 0 Å². The van der Waals surface area contributed by atoms with Crippen molar-refractivity contribution in [3.8, 4) is 0 Å². The number of carbonyl (C=O) groups is 2. The molecule has 2 amide bonds. The minimum atomic E-state index is -1.15. The minimum absolute atomic E-state index is 0.112. The molecule has 0 aliphatic heterocycles. The van der Waals surface area contributed by atoms with E-state index >= 15 is 0 Å². The highest BCUT2D eigenvalue weighted by molar-refractivity contribution is 6.37. The molecule has 0 radical (unpaired) electrons. The van der Waals surface area contributed by atoms with Crippen molar-refractivity contribution in [2.75, 3.05) is 14.1 Å². The minimum Gasteiger partial charge on any atom is -0.477 e. The Kier molecular flexibility index (Phi) is 4.10. The maximum atomic E-state index is 11.0. The van der Waals surface area contributed by atoms with Crippen LogP contribution in [-0.2, 0) is 4.79 Å². The number of hydrogen-bond donors (Lipinski definition) is 1. The van der Waals surface area contributed by atoms with Crippen LogP contribution in [0.15, 0.2) is 4.99 Å². The van der Waals surface area contributed by atoms with Gasteiger partial charge in [0.1, 0.15) is 5.71 Å². The fourth-order valence-corrected chi connectivity index (χ4v) is 0.627. The SMILES string of the molecule is CC(C)C(=NC(=O)N(C)C)C(=O)O. The van der Waals surface area contributed by atoms with Crippen LogP contribution in [0, 0.1) is 5.92 Å². The molecule has 0 aliphatic rings. The van der Waals surface area contributed by atoms with Crippen molar-refractivity contribution in [2.45, 2.75) is 13.8 Å². The number of rotatable bonds is 2. The highest BCUT2D eigenvalue weighted by Crippen LogP contribution is 1.99. The van der Waals surface area contributed by atoms with Gasteiger partial charge in [-0.25, -0.2) is 9.59 Å². The predicted octanol–water partition coefficient (Wildman–Crippen LogP) is 0.850. The number of aliphatic carboxylic acids is 1. The van der Waals surface area contributed by atoms with E-state index in [0.29, 0.717) is 0 Å². The van der Waals surface area contributed by atoms with Gasteiger partial charge in [0.15, 0.2) is 0 Å². The van der Waals surface area contributed by atoms with Crippen LogP contribution in [-0.4, -0.2) is 41.8 Å². The van der Waals surface area contributed by atoms with E-state index in [1.54, 1.807) is 13.8 Å². The van der Waals surface area contributed by atoms with Gasteiger partial charge in [-0.15, -0.1) is 0 Å². The maximum Gasteiger partial charge on any atom is 0.350 e. The lowest BCUT2D eigenvalue weighted by Gasteiger charge is -2.08. The van der Waals surface area contributed by atoms with Gasteiger partial charge in [0, 0.05) is 20.0 Å². The number of urea groups is 1. The Bertz CT molecular complexity index is 244. The third-order valence-corrected chi connectivity index (χ3v) is 1.36. The highest BCUT2D eigenvalue weighted by atomic mass is 16.4. The van der Waals surface area contributed by atoms with E-state index in [-0.39, 0.29) is 11.6 Å². The third kappa shape index (κ3) is 3.68. The lowest BCUT2D eigenvalue weighted by molar-refractivity contribution is -0.129. The zero-order valence-electron chi connectivity index (χ0n) is 8.24.